The summed E-state index contributed by atoms with van der Waals surface area (Å²) in [5.74, 6) is -0.532. The molecule has 0 spiro atoms. The second-order valence-electron chi connectivity index (χ2n) is 5.91. The van der Waals surface area contributed by atoms with E-state index in [1.165, 1.54) is 18.2 Å². The van der Waals surface area contributed by atoms with Crippen LogP contribution in [0.5, 0.6) is 0 Å². The van der Waals surface area contributed by atoms with Gasteiger partial charge in [0.05, 0.1) is 10.5 Å². The van der Waals surface area contributed by atoms with Crippen molar-refractivity contribution >= 4 is 29.1 Å². The molecular weight excluding hydrogens is 356 g/mol. The molecule has 0 fully saturated rings. The first-order valence-corrected chi connectivity index (χ1v) is 8.47. The van der Waals surface area contributed by atoms with Crippen LogP contribution >= 0.6 is 0 Å². The van der Waals surface area contributed by atoms with E-state index >= 15 is 0 Å². The number of benzene rings is 3. The van der Waals surface area contributed by atoms with Gasteiger partial charge in [-0.25, -0.2) is 0 Å². The minimum absolute atomic E-state index is 0.0643. The lowest BCUT2D eigenvalue weighted by Crippen LogP contribution is -2.11. The molecular formula is C22H16N2O4. The summed E-state index contributed by atoms with van der Waals surface area (Å²) in [6.07, 6.45) is 2.71. The van der Waals surface area contributed by atoms with Crippen LogP contribution in [0, 0.1) is 10.1 Å². The lowest BCUT2D eigenvalue weighted by atomic mass is 10.1. The first-order chi connectivity index (χ1) is 13.5. The van der Waals surface area contributed by atoms with Crippen LogP contribution < -0.4 is 5.32 Å². The molecule has 0 aromatic heterocycles. The van der Waals surface area contributed by atoms with E-state index in [9.17, 15) is 19.7 Å². The lowest BCUT2D eigenvalue weighted by Gasteiger charge is -2.05. The van der Waals surface area contributed by atoms with Gasteiger partial charge < -0.3 is 5.32 Å². The molecule has 1 amide bonds. The highest BCUT2D eigenvalue weighted by Crippen LogP contribution is 2.19. The molecule has 3 rings (SSSR count). The number of nitrogens with one attached hydrogen (secondary N) is 1. The van der Waals surface area contributed by atoms with Gasteiger partial charge in [0, 0.05) is 22.9 Å². The molecule has 6 nitrogen and oxygen atoms in total. The van der Waals surface area contributed by atoms with Gasteiger partial charge in [0.15, 0.2) is 5.78 Å². The zero-order valence-corrected chi connectivity index (χ0v) is 14.7. The number of nitrogens with zero attached hydrogens (tertiary/aromatic N) is 1. The summed E-state index contributed by atoms with van der Waals surface area (Å²) in [5, 5.41) is 13.8. The van der Waals surface area contributed by atoms with Crippen LogP contribution in [-0.4, -0.2) is 16.6 Å². The van der Waals surface area contributed by atoms with E-state index in [0.29, 0.717) is 22.4 Å². The Kier molecular flexibility index (Phi) is 5.72. The van der Waals surface area contributed by atoms with Crippen LogP contribution in [-0.2, 0) is 0 Å². The second kappa shape index (κ2) is 8.55. The number of para-hydroxylation sites is 1. The van der Waals surface area contributed by atoms with Crippen molar-refractivity contribution in [3.8, 4) is 0 Å². The van der Waals surface area contributed by atoms with Gasteiger partial charge in [0.1, 0.15) is 0 Å². The van der Waals surface area contributed by atoms with Crippen molar-refractivity contribution in [1.82, 2.24) is 0 Å². The molecule has 3 aromatic rings. The highest BCUT2D eigenvalue weighted by molar-refractivity contribution is 6.08. The van der Waals surface area contributed by atoms with Crippen molar-refractivity contribution in [2.45, 2.75) is 0 Å². The Morgan fingerprint density at radius 1 is 0.821 bits per heavy atom. The number of ketones is 1. The van der Waals surface area contributed by atoms with Gasteiger partial charge in [-0.3, -0.25) is 19.7 Å². The maximum absolute atomic E-state index is 12.3. The standard InChI is InChI=1S/C22H16N2O4/c25-21(15-12-16-6-4-5-9-20(16)24(27)28)17-10-13-19(14-11-17)23-22(26)18-7-2-1-3-8-18/h1-15H,(H,23,26). The Hall–Kier alpha value is -4.06. The van der Waals surface area contributed by atoms with Crippen molar-refractivity contribution in [1.29, 1.82) is 0 Å². The van der Waals surface area contributed by atoms with E-state index in [4.69, 9.17) is 0 Å². The molecule has 0 saturated heterocycles. The zero-order valence-electron chi connectivity index (χ0n) is 14.7. The average Bonchev–Trinajstić information content (AvgIpc) is 2.73. The number of amides is 1. The topological polar surface area (TPSA) is 89.3 Å². The molecule has 0 aliphatic rings. The van der Waals surface area contributed by atoms with Crippen molar-refractivity contribution in [3.63, 3.8) is 0 Å². The summed E-state index contributed by atoms with van der Waals surface area (Å²) in [5.41, 5.74) is 1.80. The third-order valence-electron chi connectivity index (χ3n) is 4.01. The SMILES string of the molecule is O=C(C=Cc1ccccc1[N+](=O)[O-])c1ccc(NC(=O)c2ccccc2)cc1. The van der Waals surface area contributed by atoms with E-state index in [1.807, 2.05) is 6.07 Å². The molecule has 0 aliphatic heterocycles. The molecule has 0 unspecified atom stereocenters. The first-order valence-electron chi connectivity index (χ1n) is 8.47. The predicted octanol–water partition coefficient (Wildman–Crippen LogP) is 4.74. The fraction of sp³-hybridized carbons (Fsp3) is 0. The zero-order chi connectivity index (χ0) is 19.9. The van der Waals surface area contributed by atoms with Gasteiger partial charge in [-0.2, -0.15) is 0 Å². The Morgan fingerprint density at radius 3 is 2.14 bits per heavy atom. The molecule has 1 N–H and O–H groups in total. The highest BCUT2D eigenvalue weighted by atomic mass is 16.6. The number of rotatable bonds is 6. The summed E-state index contributed by atoms with van der Waals surface area (Å²) < 4.78 is 0. The maximum atomic E-state index is 12.3. The molecule has 28 heavy (non-hydrogen) atoms. The second-order valence-corrected chi connectivity index (χ2v) is 5.91. The molecule has 3 aromatic carbocycles. The third kappa shape index (κ3) is 4.56. The third-order valence-corrected chi connectivity index (χ3v) is 4.01. The normalized spacial score (nSPS) is 10.6. The molecule has 0 bridgehead atoms. The van der Waals surface area contributed by atoms with Crippen LogP contribution in [0.15, 0.2) is 84.9 Å². The van der Waals surface area contributed by atoms with E-state index in [1.54, 1.807) is 66.7 Å². The maximum Gasteiger partial charge on any atom is 0.276 e. The molecule has 0 aliphatic carbocycles. The summed E-state index contributed by atoms with van der Waals surface area (Å²) in [6, 6.07) is 21.4. The van der Waals surface area contributed by atoms with Crippen molar-refractivity contribution in [3.05, 3.63) is 112 Å². The van der Waals surface area contributed by atoms with Crippen LogP contribution in [0.4, 0.5) is 11.4 Å². The van der Waals surface area contributed by atoms with E-state index in [-0.39, 0.29) is 17.4 Å². The minimum atomic E-state index is -0.492. The number of nitro benzene ring substituents is 1. The fourth-order valence-corrected chi connectivity index (χ4v) is 2.57. The molecule has 0 saturated carbocycles. The Balaban J connectivity index is 1.69. The Bertz CT molecular complexity index is 1040. The van der Waals surface area contributed by atoms with E-state index in [2.05, 4.69) is 5.32 Å². The summed E-state index contributed by atoms with van der Waals surface area (Å²) >= 11 is 0. The number of anilines is 1. The van der Waals surface area contributed by atoms with Crippen molar-refractivity contribution in [2.24, 2.45) is 0 Å². The molecule has 138 valence electrons. The largest absolute Gasteiger partial charge is 0.322 e. The quantitative estimate of drug-likeness (QED) is 0.293. The van der Waals surface area contributed by atoms with Crippen LogP contribution in [0.25, 0.3) is 6.08 Å². The predicted molar refractivity (Wildman–Crippen MR) is 107 cm³/mol. The lowest BCUT2D eigenvalue weighted by molar-refractivity contribution is -0.385. The van der Waals surface area contributed by atoms with Gasteiger partial charge in [0.2, 0.25) is 0 Å². The highest BCUT2D eigenvalue weighted by Gasteiger charge is 2.10. The summed E-state index contributed by atoms with van der Waals surface area (Å²) in [7, 11) is 0. The van der Waals surface area contributed by atoms with Crippen LogP contribution in [0.3, 0.4) is 0 Å². The van der Waals surface area contributed by atoms with Crippen molar-refractivity contribution in [2.75, 3.05) is 5.32 Å². The number of hydrogen-bond acceptors (Lipinski definition) is 4. The van der Waals surface area contributed by atoms with Gasteiger partial charge in [-0.15, -0.1) is 0 Å². The van der Waals surface area contributed by atoms with E-state index in [0.717, 1.165) is 0 Å². The number of hydrogen-bond donors (Lipinski definition) is 1. The molecule has 0 heterocycles. The van der Waals surface area contributed by atoms with Gasteiger partial charge in [-0.1, -0.05) is 30.3 Å². The minimum Gasteiger partial charge on any atom is -0.322 e. The molecule has 6 heteroatoms. The van der Waals surface area contributed by atoms with E-state index < -0.39 is 4.92 Å². The van der Waals surface area contributed by atoms with Crippen LogP contribution in [0.1, 0.15) is 26.3 Å². The van der Waals surface area contributed by atoms with Crippen LogP contribution in [0.2, 0.25) is 0 Å². The molecule has 0 atom stereocenters. The Morgan fingerprint density at radius 2 is 1.46 bits per heavy atom. The van der Waals surface area contributed by atoms with Gasteiger partial charge in [0.25, 0.3) is 11.6 Å². The Labute approximate surface area is 161 Å². The number of allylic oxidation sites excluding steroid dienone is 1. The monoisotopic (exact) mass is 372 g/mol. The smallest absolute Gasteiger partial charge is 0.276 e. The summed E-state index contributed by atoms with van der Waals surface area (Å²) in [4.78, 5) is 35.0. The number of nitro groups is 1. The van der Waals surface area contributed by atoms with Gasteiger partial charge in [-0.05, 0) is 54.6 Å². The van der Waals surface area contributed by atoms with Gasteiger partial charge >= 0.3 is 0 Å². The fourth-order valence-electron chi connectivity index (χ4n) is 2.57. The molecule has 0 radical (unpaired) electrons. The number of carbonyl (C=O) groups excluding carboxylic acids is 2. The van der Waals surface area contributed by atoms with Crippen molar-refractivity contribution < 1.29 is 14.5 Å². The summed E-state index contributed by atoms with van der Waals surface area (Å²) in [6.45, 7) is 0. The average molecular weight is 372 g/mol. The number of carbonyl (C=O) groups is 2. The first kappa shape index (κ1) is 18.7.